The Hall–Kier alpha value is -0.740. The Morgan fingerprint density at radius 2 is 2.29 bits per heavy atom. The number of carbonyl (C=O) groups excluding carboxylic acids is 1. The lowest BCUT2D eigenvalue weighted by molar-refractivity contribution is -0.127. The summed E-state index contributed by atoms with van der Waals surface area (Å²) in [6, 6.07) is 5.56. The third kappa shape index (κ3) is 3.61. The van der Waals surface area contributed by atoms with E-state index in [-0.39, 0.29) is 5.91 Å². The first-order valence-electron chi connectivity index (χ1n) is 5.48. The average Bonchev–Trinajstić information content (AvgIpc) is 3.06. The van der Waals surface area contributed by atoms with Crippen LogP contribution in [0.25, 0.3) is 0 Å². The van der Waals surface area contributed by atoms with Crippen molar-refractivity contribution in [3.63, 3.8) is 0 Å². The summed E-state index contributed by atoms with van der Waals surface area (Å²) in [5, 5.41) is 3.52. The second kappa shape index (κ2) is 5.27. The van der Waals surface area contributed by atoms with Crippen molar-refractivity contribution in [2.45, 2.75) is 31.9 Å². The van der Waals surface area contributed by atoms with Gasteiger partial charge in [0, 0.05) is 11.1 Å². The number of hydrogen-bond acceptors (Lipinski definition) is 2. The molecule has 1 fully saturated rings. The molecule has 1 unspecified atom stereocenters. The molecule has 1 aromatic rings. The van der Waals surface area contributed by atoms with E-state index in [0.29, 0.717) is 16.8 Å². The van der Waals surface area contributed by atoms with E-state index in [2.05, 4.69) is 21.2 Å². The van der Waals surface area contributed by atoms with Crippen LogP contribution in [0.2, 0.25) is 5.02 Å². The zero-order valence-corrected chi connectivity index (χ0v) is 11.7. The van der Waals surface area contributed by atoms with E-state index in [0.717, 1.165) is 17.3 Å². The summed E-state index contributed by atoms with van der Waals surface area (Å²) in [5.74, 6) is 0.544. The van der Waals surface area contributed by atoms with Crippen LogP contribution < -0.4 is 10.1 Å². The van der Waals surface area contributed by atoms with Gasteiger partial charge in [-0.2, -0.15) is 0 Å². The highest BCUT2D eigenvalue weighted by molar-refractivity contribution is 9.10. The van der Waals surface area contributed by atoms with Gasteiger partial charge in [-0.25, -0.2) is 0 Å². The molecule has 1 aromatic carbocycles. The lowest BCUT2D eigenvalue weighted by atomic mass is 10.3. The summed E-state index contributed by atoms with van der Waals surface area (Å²) in [4.78, 5) is 11.7. The Balaban J connectivity index is 1.96. The van der Waals surface area contributed by atoms with Crippen LogP contribution in [0.1, 0.15) is 19.8 Å². The zero-order chi connectivity index (χ0) is 12.4. The molecular weight excluding hydrogens is 305 g/mol. The lowest BCUT2D eigenvalue weighted by Gasteiger charge is -2.15. The molecule has 1 atom stereocenters. The molecule has 3 nitrogen and oxygen atoms in total. The van der Waals surface area contributed by atoms with E-state index in [1.54, 1.807) is 25.1 Å². The quantitative estimate of drug-likeness (QED) is 0.926. The summed E-state index contributed by atoms with van der Waals surface area (Å²) < 4.78 is 6.32. The van der Waals surface area contributed by atoms with Gasteiger partial charge in [0.2, 0.25) is 0 Å². The van der Waals surface area contributed by atoms with Gasteiger partial charge < -0.3 is 10.1 Å². The van der Waals surface area contributed by atoms with E-state index in [9.17, 15) is 4.79 Å². The minimum atomic E-state index is -0.506. The molecule has 1 aliphatic carbocycles. The first kappa shape index (κ1) is 12.7. The highest BCUT2D eigenvalue weighted by atomic mass is 79.9. The SMILES string of the molecule is CC(Oc1ccc(Cl)cc1Br)C(=O)NC1CC1. The summed E-state index contributed by atoms with van der Waals surface area (Å²) >= 11 is 9.18. The smallest absolute Gasteiger partial charge is 0.260 e. The number of halogens is 2. The van der Waals surface area contributed by atoms with Gasteiger partial charge in [0.25, 0.3) is 5.91 Å². The third-order valence-corrected chi connectivity index (χ3v) is 3.35. The van der Waals surface area contributed by atoms with Crippen molar-refractivity contribution in [2.24, 2.45) is 0 Å². The number of rotatable bonds is 4. The monoisotopic (exact) mass is 317 g/mol. The Labute approximate surface area is 114 Å². The molecule has 1 saturated carbocycles. The van der Waals surface area contributed by atoms with E-state index < -0.39 is 6.10 Å². The van der Waals surface area contributed by atoms with Crippen molar-refractivity contribution in [1.82, 2.24) is 5.32 Å². The van der Waals surface area contributed by atoms with Crippen molar-refractivity contribution in [2.75, 3.05) is 0 Å². The summed E-state index contributed by atoms with van der Waals surface area (Å²) in [6.45, 7) is 1.73. The number of carbonyl (C=O) groups is 1. The lowest BCUT2D eigenvalue weighted by Crippen LogP contribution is -2.37. The normalized spacial score (nSPS) is 16.4. The zero-order valence-electron chi connectivity index (χ0n) is 9.37. The minimum absolute atomic E-state index is 0.0747. The maximum absolute atomic E-state index is 11.7. The van der Waals surface area contributed by atoms with Crippen LogP contribution in [-0.4, -0.2) is 18.1 Å². The molecule has 1 aliphatic rings. The fourth-order valence-electron chi connectivity index (χ4n) is 1.36. The highest BCUT2D eigenvalue weighted by Gasteiger charge is 2.26. The molecule has 0 heterocycles. The molecule has 17 heavy (non-hydrogen) atoms. The molecule has 0 bridgehead atoms. The van der Waals surface area contributed by atoms with Gasteiger partial charge >= 0.3 is 0 Å². The first-order valence-corrected chi connectivity index (χ1v) is 6.65. The standard InChI is InChI=1S/C12H13BrClNO2/c1-7(12(16)15-9-3-4-9)17-11-5-2-8(14)6-10(11)13/h2,5-7,9H,3-4H2,1H3,(H,15,16). The number of ether oxygens (including phenoxy) is 1. The van der Waals surface area contributed by atoms with Crippen molar-refractivity contribution < 1.29 is 9.53 Å². The van der Waals surface area contributed by atoms with Crippen molar-refractivity contribution in [3.8, 4) is 5.75 Å². The predicted molar refractivity (Wildman–Crippen MR) is 70.4 cm³/mol. The number of nitrogens with one attached hydrogen (secondary N) is 1. The topological polar surface area (TPSA) is 38.3 Å². The molecule has 0 aromatic heterocycles. The molecule has 0 radical (unpaired) electrons. The van der Waals surface area contributed by atoms with Crippen molar-refractivity contribution >= 4 is 33.4 Å². The number of amides is 1. The Morgan fingerprint density at radius 3 is 2.88 bits per heavy atom. The Morgan fingerprint density at radius 1 is 1.59 bits per heavy atom. The van der Waals surface area contributed by atoms with E-state index in [4.69, 9.17) is 16.3 Å². The summed E-state index contributed by atoms with van der Waals surface area (Å²) in [7, 11) is 0. The first-order chi connectivity index (χ1) is 8.06. The molecule has 2 rings (SSSR count). The van der Waals surface area contributed by atoms with Crippen LogP contribution in [0.4, 0.5) is 0 Å². The second-order valence-electron chi connectivity index (χ2n) is 4.12. The predicted octanol–water partition coefficient (Wildman–Crippen LogP) is 3.15. The van der Waals surface area contributed by atoms with Gasteiger partial charge in [0.1, 0.15) is 5.75 Å². The molecule has 0 saturated heterocycles. The van der Waals surface area contributed by atoms with E-state index in [1.807, 2.05) is 0 Å². The van der Waals surface area contributed by atoms with Gasteiger partial charge in [-0.15, -0.1) is 0 Å². The Kier molecular flexibility index (Phi) is 3.94. The van der Waals surface area contributed by atoms with E-state index >= 15 is 0 Å². The van der Waals surface area contributed by atoms with Crippen LogP contribution in [0.15, 0.2) is 22.7 Å². The number of benzene rings is 1. The molecule has 1 N–H and O–H groups in total. The van der Waals surface area contributed by atoms with Gasteiger partial charge in [-0.05, 0) is 53.9 Å². The van der Waals surface area contributed by atoms with E-state index in [1.165, 1.54) is 0 Å². The van der Waals surface area contributed by atoms with Crippen LogP contribution in [0.3, 0.4) is 0 Å². The largest absolute Gasteiger partial charge is 0.480 e. The fraction of sp³-hybridized carbons (Fsp3) is 0.417. The molecule has 92 valence electrons. The maximum atomic E-state index is 11.7. The highest BCUT2D eigenvalue weighted by Crippen LogP contribution is 2.29. The third-order valence-electron chi connectivity index (χ3n) is 2.49. The van der Waals surface area contributed by atoms with Crippen LogP contribution in [0, 0.1) is 0 Å². The minimum Gasteiger partial charge on any atom is -0.480 e. The van der Waals surface area contributed by atoms with Gasteiger partial charge in [-0.1, -0.05) is 11.6 Å². The molecule has 1 amide bonds. The molecule has 0 spiro atoms. The summed E-state index contributed by atoms with van der Waals surface area (Å²) in [6.07, 6.45) is 1.64. The number of hydrogen-bond donors (Lipinski definition) is 1. The van der Waals surface area contributed by atoms with Crippen LogP contribution >= 0.6 is 27.5 Å². The maximum Gasteiger partial charge on any atom is 0.260 e. The average molecular weight is 319 g/mol. The Bertz CT molecular complexity index is 435. The second-order valence-corrected chi connectivity index (χ2v) is 5.41. The molecular formula is C12H13BrClNO2. The molecule has 5 heteroatoms. The van der Waals surface area contributed by atoms with Crippen molar-refractivity contribution in [1.29, 1.82) is 0 Å². The fourth-order valence-corrected chi connectivity index (χ4v) is 2.14. The van der Waals surface area contributed by atoms with Gasteiger partial charge in [0.15, 0.2) is 6.10 Å². The summed E-state index contributed by atoms with van der Waals surface area (Å²) in [5.41, 5.74) is 0. The van der Waals surface area contributed by atoms with Crippen molar-refractivity contribution in [3.05, 3.63) is 27.7 Å². The van der Waals surface area contributed by atoms with Crippen LogP contribution in [0.5, 0.6) is 5.75 Å². The molecule has 0 aliphatic heterocycles. The van der Waals surface area contributed by atoms with Gasteiger partial charge in [-0.3, -0.25) is 4.79 Å². The van der Waals surface area contributed by atoms with Gasteiger partial charge in [0.05, 0.1) is 4.47 Å². The van der Waals surface area contributed by atoms with Crippen LogP contribution in [-0.2, 0) is 4.79 Å².